The highest BCUT2D eigenvalue weighted by molar-refractivity contribution is 9.10. The zero-order chi connectivity index (χ0) is 15.0. The van der Waals surface area contributed by atoms with Crippen LogP contribution in [0, 0.1) is 12.3 Å². The van der Waals surface area contributed by atoms with E-state index < -0.39 is 5.97 Å². The Labute approximate surface area is 129 Å². The third-order valence-corrected chi connectivity index (χ3v) is 3.73. The molecule has 2 amide bonds. The van der Waals surface area contributed by atoms with Gasteiger partial charge < -0.3 is 15.7 Å². The second kappa shape index (κ2) is 8.51. The van der Waals surface area contributed by atoms with Crippen molar-refractivity contribution in [1.82, 2.24) is 5.32 Å². The molecule has 20 heavy (non-hydrogen) atoms. The fraction of sp³-hybridized carbons (Fsp3) is 0.231. The van der Waals surface area contributed by atoms with Gasteiger partial charge in [0.15, 0.2) is 0 Å². The van der Waals surface area contributed by atoms with Gasteiger partial charge in [0.1, 0.15) is 0 Å². The smallest absolute Gasteiger partial charge is 0.336 e. The van der Waals surface area contributed by atoms with E-state index in [1.54, 1.807) is 23.9 Å². The number of carbonyl (C=O) groups is 2. The van der Waals surface area contributed by atoms with Crippen LogP contribution < -0.4 is 10.6 Å². The van der Waals surface area contributed by atoms with Gasteiger partial charge in [-0.05, 0) is 34.1 Å². The Bertz CT molecular complexity index is 543. The maximum Gasteiger partial charge on any atom is 0.336 e. The standard InChI is InChI=1S/C13H13BrN2O3S/c1-2-6-20-7-5-15-13(19)16-9-3-4-11(14)10(8-9)12(17)18/h1,3-4,8H,5-7H2,(H,17,18)(H2,15,16,19). The van der Waals surface area contributed by atoms with Gasteiger partial charge in [0, 0.05) is 22.5 Å². The summed E-state index contributed by atoms with van der Waals surface area (Å²) in [4.78, 5) is 22.5. The fourth-order valence-corrected chi connectivity index (χ4v) is 2.23. The van der Waals surface area contributed by atoms with E-state index in [-0.39, 0.29) is 11.6 Å². The molecule has 3 N–H and O–H groups in total. The molecule has 0 saturated carbocycles. The van der Waals surface area contributed by atoms with E-state index in [9.17, 15) is 9.59 Å². The van der Waals surface area contributed by atoms with Crippen molar-refractivity contribution in [3.8, 4) is 12.3 Å². The summed E-state index contributed by atoms with van der Waals surface area (Å²) < 4.78 is 0.460. The SMILES string of the molecule is C#CCSCCNC(=O)Nc1ccc(Br)c(C(=O)O)c1. The maximum absolute atomic E-state index is 11.6. The number of halogens is 1. The van der Waals surface area contributed by atoms with Crippen molar-refractivity contribution < 1.29 is 14.7 Å². The van der Waals surface area contributed by atoms with Gasteiger partial charge in [-0.25, -0.2) is 9.59 Å². The summed E-state index contributed by atoms with van der Waals surface area (Å²) in [6.07, 6.45) is 5.10. The third kappa shape index (κ3) is 5.55. The normalized spacial score (nSPS) is 9.60. The summed E-state index contributed by atoms with van der Waals surface area (Å²) in [6, 6.07) is 4.19. The van der Waals surface area contributed by atoms with Crippen molar-refractivity contribution in [2.24, 2.45) is 0 Å². The largest absolute Gasteiger partial charge is 0.478 e. The summed E-state index contributed by atoms with van der Waals surface area (Å²) in [7, 11) is 0. The number of benzene rings is 1. The first-order chi connectivity index (χ1) is 9.54. The zero-order valence-electron chi connectivity index (χ0n) is 10.5. The van der Waals surface area contributed by atoms with Crippen molar-refractivity contribution in [3.63, 3.8) is 0 Å². The summed E-state index contributed by atoms with van der Waals surface area (Å²) >= 11 is 4.68. The molecule has 0 radical (unpaired) electrons. The Hall–Kier alpha value is -1.65. The van der Waals surface area contributed by atoms with E-state index >= 15 is 0 Å². The van der Waals surface area contributed by atoms with E-state index in [1.165, 1.54) is 6.07 Å². The molecule has 7 heteroatoms. The van der Waals surface area contributed by atoms with Gasteiger partial charge in [-0.1, -0.05) is 5.92 Å². The van der Waals surface area contributed by atoms with Crippen LogP contribution in [0.25, 0.3) is 0 Å². The molecule has 0 saturated heterocycles. The Balaban J connectivity index is 2.48. The molecule has 1 aromatic rings. The number of carboxylic acid groups (broad SMARTS) is 1. The molecule has 0 aliphatic carbocycles. The van der Waals surface area contributed by atoms with Crippen molar-refractivity contribution in [2.45, 2.75) is 0 Å². The summed E-state index contributed by atoms with van der Waals surface area (Å²) in [5.41, 5.74) is 0.506. The van der Waals surface area contributed by atoms with E-state index in [0.717, 1.165) is 5.75 Å². The molecule has 0 aliphatic heterocycles. The van der Waals surface area contributed by atoms with Gasteiger partial charge >= 0.3 is 12.0 Å². The topological polar surface area (TPSA) is 78.4 Å². The monoisotopic (exact) mass is 356 g/mol. The fourth-order valence-electron chi connectivity index (χ4n) is 1.31. The van der Waals surface area contributed by atoms with Crippen LogP contribution in [0.4, 0.5) is 10.5 Å². The first-order valence-corrected chi connectivity index (χ1v) is 7.58. The molecule has 0 bridgehead atoms. The Morgan fingerprint density at radius 2 is 2.20 bits per heavy atom. The van der Waals surface area contributed by atoms with Gasteiger partial charge in [0.2, 0.25) is 0 Å². The predicted molar refractivity (Wildman–Crippen MR) is 84.3 cm³/mol. The van der Waals surface area contributed by atoms with Crippen molar-refractivity contribution in [3.05, 3.63) is 28.2 Å². The Kier molecular flexibility index (Phi) is 6.98. The van der Waals surface area contributed by atoms with Gasteiger partial charge in [-0.3, -0.25) is 0 Å². The highest BCUT2D eigenvalue weighted by atomic mass is 79.9. The number of nitrogens with one attached hydrogen (secondary N) is 2. The second-order valence-corrected chi connectivity index (χ2v) is 5.60. The van der Waals surface area contributed by atoms with Gasteiger partial charge in [0.25, 0.3) is 0 Å². The average Bonchev–Trinajstić information content (AvgIpc) is 2.40. The average molecular weight is 357 g/mol. The first-order valence-electron chi connectivity index (χ1n) is 5.63. The third-order valence-electron chi connectivity index (χ3n) is 2.17. The van der Waals surface area contributed by atoms with Crippen LogP contribution in [0.3, 0.4) is 0 Å². The minimum absolute atomic E-state index is 0.0902. The number of thioether (sulfide) groups is 1. The van der Waals surface area contributed by atoms with Gasteiger partial charge in [-0.2, -0.15) is 0 Å². The number of rotatable bonds is 6. The number of aromatic carboxylic acids is 1. The van der Waals surface area contributed by atoms with Crippen LogP contribution in [0.2, 0.25) is 0 Å². The molecule has 1 rings (SSSR count). The number of terminal acetylenes is 1. The lowest BCUT2D eigenvalue weighted by molar-refractivity contribution is 0.0696. The molecular formula is C13H13BrN2O3S. The molecule has 0 fully saturated rings. The van der Waals surface area contributed by atoms with E-state index in [4.69, 9.17) is 11.5 Å². The van der Waals surface area contributed by atoms with Gasteiger partial charge in [0.05, 0.1) is 11.3 Å². The molecule has 5 nitrogen and oxygen atoms in total. The molecule has 0 unspecified atom stereocenters. The lowest BCUT2D eigenvalue weighted by Crippen LogP contribution is -2.30. The highest BCUT2D eigenvalue weighted by Gasteiger charge is 2.10. The van der Waals surface area contributed by atoms with E-state index in [0.29, 0.717) is 22.5 Å². The summed E-state index contributed by atoms with van der Waals surface area (Å²) in [6.45, 7) is 0.487. The molecule has 0 aliphatic rings. The van der Waals surface area contributed by atoms with Gasteiger partial charge in [-0.15, -0.1) is 18.2 Å². The number of carbonyl (C=O) groups excluding carboxylic acids is 1. The van der Waals surface area contributed by atoms with E-state index in [1.807, 2.05) is 0 Å². The lowest BCUT2D eigenvalue weighted by Gasteiger charge is -2.08. The summed E-state index contributed by atoms with van der Waals surface area (Å²) in [5, 5.41) is 14.2. The molecule has 0 spiro atoms. The lowest BCUT2D eigenvalue weighted by atomic mass is 10.2. The predicted octanol–water partition coefficient (Wildman–Crippen LogP) is 2.64. The number of carboxylic acids is 1. The van der Waals surface area contributed by atoms with E-state index in [2.05, 4.69) is 32.5 Å². The molecular weight excluding hydrogens is 344 g/mol. The van der Waals surface area contributed by atoms with Crippen LogP contribution in [0.1, 0.15) is 10.4 Å². The molecule has 1 aromatic carbocycles. The highest BCUT2D eigenvalue weighted by Crippen LogP contribution is 2.21. The minimum Gasteiger partial charge on any atom is -0.478 e. The van der Waals surface area contributed by atoms with Crippen LogP contribution in [-0.2, 0) is 0 Å². The van der Waals surface area contributed by atoms with Crippen LogP contribution in [0.5, 0.6) is 0 Å². The zero-order valence-corrected chi connectivity index (χ0v) is 12.9. The molecule has 0 aromatic heterocycles. The summed E-state index contributed by atoms with van der Waals surface area (Å²) in [5.74, 6) is 2.76. The van der Waals surface area contributed by atoms with Crippen molar-refractivity contribution in [1.29, 1.82) is 0 Å². The number of hydrogen-bond donors (Lipinski definition) is 3. The Morgan fingerprint density at radius 3 is 2.85 bits per heavy atom. The number of urea groups is 1. The Morgan fingerprint density at radius 1 is 1.45 bits per heavy atom. The van der Waals surface area contributed by atoms with Crippen LogP contribution in [0.15, 0.2) is 22.7 Å². The van der Waals surface area contributed by atoms with Crippen molar-refractivity contribution in [2.75, 3.05) is 23.4 Å². The number of hydrogen-bond acceptors (Lipinski definition) is 3. The second-order valence-electron chi connectivity index (χ2n) is 3.64. The number of amides is 2. The number of anilines is 1. The maximum atomic E-state index is 11.6. The minimum atomic E-state index is -1.06. The first kappa shape index (κ1) is 16.4. The molecule has 106 valence electrons. The quantitative estimate of drug-likeness (QED) is 0.540. The molecule has 0 atom stereocenters. The van der Waals surface area contributed by atoms with Crippen LogP contribution >= 0.6 is 27.7 Å². The van der Waals surface area contributed by atoms with Crippen molar-refractivity contribution >= 4 is 45.4 Å². The van der Waals surface area contributed by atoms with Crippen LogP contribution in [-0.4, -0.2) is 35.2 Å². The molecule has 0 heterocycles.